The van der Waals surface area contributed by atoms with Gasteiger partial charge < -0.3 is 15.2 Å². The van der Waals surface area contributed by atoms with Crippen molar-refractivity contribution in [1.29, 1.82) is 0 Å². The van der Waals surface area contributed by atoms with E-state index in [2.05, 4.69) is 5.32 Å². The molecule has 5 nitrogen and oxygen atoms in total. The zero-order valence-electron chi connectivity index (χ0n) is 10.1. The fourth-order valence-corrected chi connectivity index (χ4v) is 2.70. The SMILES string of the molecule is CC1(C(=O)O)CCCC1NC(=O)[C@H]1CCCO1. The number of amides is 1. The van der Waals surface area contributed by atoms with Crippen molar-refractivity contribution in [1.82, 2.24) is 5.32 Å². The van der Waals surface area contributed by atoms with Gasteiger partial charge in [-0.2, -0.15) is 0 Å². The average molecular weight is 241 g/mol. The number of ether oxygens (including phenoxy) is 1. The minimum absolute atomic E-state index is 0.151. The maximum absolute atomic E-state index is 11.9. The first-order chi connectivity index (χ1) is 8.04. The Morgan fingerprint density at radius 3 is 2.71 bits per heavy atom. The molecule has 1 aliphatic carbocycles. The highest BCUT2D eigenvalue weighted by molar-refractivity contribution is 5.83. The minimum Gasteiger partial charge on any atom is -0.481 e. The molecule has 0 bridgehead atoms. The summed E-state index contributed by atoms with van der Waals surface area (Å²) in [7, 11) is 0. The Hall–Kier alpha value is -1.10. The zero-order chi connectivity index (χ0) is 12.5. The van der Waals surface area contributed by atoms with Crippen LogP contribution in [0.15, 0.2) is 0 Å². The lowest BCUT2D eigenvalue weighted by Crippen LogP contribution is -2.49. The Kier molecular flexibility index (Phi) is 3.38. The highest BCUT2D eigenvalue weighted by Crippen LogP contribution is 2.38. The van der Waals surface area contributed by atoms with E-state index in [1.165, 1.54) is 0 Å². The molecule has 1 amide bonds. The number of carbonyl (C=O) groups is 2. The first kappa shape index (κ1) is 12.4. The number of aliphatic carboxylic acids is 1. The van der Waals surface area contributed by atoms with Crippen LogP contribution in [0.2, 0.25) is 0 Å². The molecule has 1 heterocycles. The second kappa shape index (κ2) is 4.64. The van der Waals surface area contributed by atoms with Gasteiger partial charge in [0.25, 0.3) is 0 Å². The summed E-state index contributed by atoms with van der Waals surface area (Å²) in [6.45, 7) is 2.34. The second-order valence-corrected chi connectivity index (χ2v) is 5.18. The first-order valence-electron chi connectivity index (χ1n) is 6.19. The van der Waals surface area contributed by atoms with Gasteiger partial charge in [-0.05, 0) is 32.6 Å². The van der Waals surface area contributed by atoms with Gasteiger partial charge in [-0.1, -0.05) is 6.42 Å². The predicted molar refractivity (Wildman–Crippen MR) is 60.5 cm³/mol. The van der Waals surface area contributed by atoms with Crippen molar-refractivity contribution in [2.75, 3.05) is 6.61 Å². The molecule has 1 aliphatic heterocycles. The normalized spacial score (nSPS) is 37.0. The highest BCUT2D eigenvalue weighted by Gasteiger charge is 2.46. The molecular formula is C12H19NO4. The number of nitrogens with one attached hydrogen (secondary N) is 1. The van der Waals surface area contributed by atoms with E-state index in [9.17, 15) is 14.7 Å². The molecule has 1 saturated carbocycles. The third-order valence-electron chi connectivity index (χ3n) is 3.99. The molecule has 2 fully saturated rings. The van der Waals surface area contributed by atoms with Gasteiger partial charge in [0.05, 0.1) is 5.41 Å². The molecule has 1 saturated heterocycles. The van der Waals surface area contributed by atoms with Gasteiger partial charge in [-0.15, -0.1) is 0 Å². The van der Waals surface area contributed by atoms with Crippen molar-refractivity contribution < 1.29 is 19.4 Å². The van der Waals surface area contributed by atoms with E-state index in [1.807, 2.05) is 0 Å². The van der Waals surface area contributed by atoms with Crippen molar-refractivity contribution in [2.45, 2.75) is 51.2 Å². The maximum Gasteiger partial charge on any atom is 0.311 e. The lowest BCUT2D eigenvalue weighted by molar-refractivity contribution is -0.149. The van der Waals surface area contributed by atoms with Crippen LogP contribution >= 0.6 is 0 Å². The quantitative estimate of drug-likeness (QED) is 0.770. The average Bonchev–Trinajstić information content (AvgIpc) is 2.89. The molecule has 2 unspecified atom stereocenters. The topological polar surface area (TPSA) is 75.6 Å². The van der Waals surface area contributed by atoms with Crippen LogP contribution in [-0.4, -0.2) is 35.7 Å². The van der Waals surface area contributed by atoms with Crippen LogP contribution in [0.5, 0.6) is 0 Å². The number of carboxylic acids is 1. The Balaban J connectivity index is 1.98. The van der Waals surface area contributed by atoms with E-state index >= 15 is 0 Å². The molecule has 0 aromatic heterocycles. The van der Waals surface area contributed by atoms with Gasteiger partial charge in [-0.3, -0.25) is 9.59 Å². The van der Waals surface area contributed by atoms with Crippen molar-refractivity contribution in [3.63, 3.8) is 0 Å². The molecule has 2 N–H and O–H groups in total. The maximum atomic E-state index is 11.9. The van der Waals surface area contributed by atoms with Crippen LogP contribution in [0.1, 0.15) is 39.0 Å². The lowest BCUT2D eigenvalue weighted by Gasteiger charge is -2.28. The van der Waals surface area contributed by atoms with Crippen molar-refractivity contribution in [2.24, 2.45) is 5.41 Å². The largest absolute Gasteiger partial charge is 0.481 e. The third-order valence-corrected chi connectivity index (χ3v) is 3.99. The second-order valence-electron chi connectivity index (χ2n) is 5.18. The van der Waals surface area contributed by atoms with Gasteiger partial charge in [0.15, 0.2) is 0 Å². The van der Waals surface area contributed by atoms with Crippen LogP contribution in [0.4, 0.5) is 0 Å². The standard InChI is InChI=1S/C12H19NO4/c1-12(11(15)16)6-2-5-9(12)13-10(14)8-4-3-7-17-8/h8-9H,2-7H2,1H3,(H,13,14)(H,15,16)/t8-,9?,12?/m1/s1. The van der Waals surface area contributed by atoms with Crippen LogP contribution in [0, 0.1) is 5.41 Å². The Morgan fingerprint density at radius 2 is 2.12 bits per heavy atom. The first-order valence-corrected chi connectivity index (χ1v) is 6.19. The van der Waals surface area contributed by atoms with E-state index in [0.717, 1.165) is 25.7 Å². The Bertz CT molecular complexity index is 324. The van der Waals surface area contributed by atoms with Gasteiger partial charge in [0, 0.05) is 12.6 Å². The molecule has 2 aliphatic rings. The number of rotatable bonds is 3. The molecule has 0 radical (unpaired) electrons. The molecule has 3 atom stereocenters. The van der Waals surface area contributed by atoms with Gasteiger partial charge in [0.1, 0.15) is 6.10 Å². The summed E-state index contributed by atoms with van der Waals surface area (Å²) < 4.78 is 5.29. The Morgan fingerprint density at radius 1 is 1.35 bits per heavy atom. The van der Waals surface area contributed by atoms with E-state index in [0.29, 0.717) is 13.0 Å². The molecule has 2 rings (SSSR count). The summed E-state index contributed by atoms with van der Waals surface area (Å²) in [5.74, 6) is -0.977. The van der Waals surface area contributed by atoms with Gasteiger partial charge in [-0.25, -0.2) is 0 Å². The predicted octanol–water partition coefficient (Wildman–Crippen LogP) is 0.925. The summed E-state index contributed by atoms with van der Waals surface area (Å²) in [4.78, 5) is 23.1. The van der Waals surface area contributed by atoms with Crippen LogP contribution in [-0.2, 0) is 14.3 Å². The molecule has 17 heavy (non-hydrogen) atoms. The van der Waals surface area contributed by atoms with E-state index in [4.69, 9.17) is 4.74 Å². The summed E-state index contributed by atoms with van der Waals surface area (Å²) in [6, 6.07) is -0.267. The molecule has 0 aromatic rings. The monoisotopic (exact) mass is 241 g/mol. The molecule has 0 spiro atoms. The summed E-state index contributed by atoms with van der Waals surface area (Å²) in [6.07, 6.45) is 3.47. The fraction of sp³-hybridized carbons (Fsp3) is 0.833. The van der Waals surface area contributed by atoms with Crippen molar-refractivity contribution in [3.05, 3.63) is 0 Å². The molecular weight excluding hydrogens is 222 g/mol. The van der Waals surface area contributed by atoms with E-state index < -0.39 is 11.4 Å². The zero-order valence-corrected chi connectivity index (χ0v) is 10.1. The van der Waals surface area contributed by atoms with Crippen LogP contribution in [0.3, 0.4) is 0 Å². The Labute approximate surface area is 101 Å². The number of hydrogen-bond acceptors (Lipinski definition) is 3. The molecule has 5 heteroatoms. The van der Waals surface area contributed by atoms with E-state index in [-0.39, 0.29) is 18.1 Å². The van der Waals surface area contributed by atoms with Crippen LogP contribution in [0.25, 0.3) is 0 Å². The summed E-state index contributed by atoms with van der Waals surface area (Å²) in [5.41, 5.74) is -0.825. The van der Waals surface area contributed by atoms with Gasteiger partial charge in [0.2, 0.25) is 5.91 Å². The number of carbonyl (C=O) groups excluding carboxylic acids is 1. The molecule has 96 valence electrons. The van der Waals surface area contributed by atoms with Crippen molar-refractivity contribution in [3.8, 4) is 0 Å². The fourth-order valence-electron chi connectivity index (χ4n) is 2.70. The van der Waals surface area contributed by atoms with Crippen molar-refractivity contribution >= 4 is 11.9 Å². The molecule has 0 aromatic carbocycles. The third kappa shape index (κ3) is 2.29. The highest BCUT2D eigenvalue weighted by atomic mass is 16.5. The van der Waals surface area contributed by atoms with Crippen LogP contribution < -0.4 is 5.32 Å². The lowest BCUT2D eigenvalue weighted by atomic mass is 9.85. The summed E-state index contributed by atoms with van der Waals surface area (Å²) >= 11 is 0. The minimum atomic E-state index is -0.826. The van der Waals surface area contributed by atoms with E-state index in [1.54, 1.807) is 6.92 Å². The number of carboxylic acid groups (broad SMARTS) is 1. The summed E-state index contributed by atoms with van der Waals surface area (Å²) in [5, 5.41) is 12.1. The smallest absolute Gasteiger partial charge is 0.311 e. The number of hydrogen-bond donors (Lipinski definition) is 2. The van der Waals surface area contributed by atoms with Gasteiger partial charge >= 0.3 is 5.97 Å².